The topological polar surface area (TPSA) is 25.2 Å². The first-order valence-electron chi connectivity index (χ1n) is 14.3. The van der Waals surface area contributed by atoms with Crippen LogP contribution in [0, 0.1) is 23.7 Å². The Morgan fingerprint density at radius 1 is 0.897 bits per heavy atom. The Hall–Kier alpha value is -2.82. The molecular formula is C35H32N2S2. The van der Waals surface area contributed by atoms with Gasteiger partial charge in [0.2, 0.25) is 0 Å². The maximum Gasteiger partial charge on any atom is 0.0699 e. The number of hydrogen-bond donors (Lipinski definition) is 0. The molecule has 1 fully saturated rings. The molecule has 8 rings (SSSR count). The Balaban J connectivity index is 1.29. The lowest BCUT2D eigenvalue weighted by atomic mass is 9.54. The van der Waals surface area contributed by atoms with E-state index in [1.807, 2.05) is 24.0 Å². The van der Waals surface area contributed by atoms with Gasteiger partial charge in [-0.3, -0.25) is 9.98 Å². The molecule has 0 N–H and O–H groups in total. The lowest BCUT2D eigenvalue weighted by Crippen LogP contribution is -2.55. The van der Waals surface area contributed by atoms with E-state index in [4.69, 9.17) is 4.99 Å². The van der Waals surface area contributed by atoms with E-state index in [1.54, 1.807) is 10.5 Å². The number of aromatic nitrogens is 1. The third kappa shape index (κ3) is 3.71. The smallest absolute Gasteiger partial charge is 0.0699 e. The van der Waals surface area contributed by atoms with E-state index in [2.05, 4.69) is 121 Å². The summed E-state index contributed by atoms with van der Waals surface area (Å²) in [7, 11) is 0. The summed E-state index contributed by atoms with van der Waals surface area (Å²) in [5, 5.41) is 0.806. The minimum Gasteiger partial charge on any atom is -0.293 e. The summed E-state index contributed by atoms with van der Waals surface area (Å²) in [5.74, 6) is 1.85. The Morgan fingerprint density at radius 2 is 1.77 bits per heavy atom. The lowest BCUT2D eigenvalue weighted by molar-refractivity contribution is 0.274. The summed E-state index contributed by atoms with van der Waals surface area (Å²) in [6, 6.07) is 15.9. The van der Waals surface area contributed by atoms with Crippen molar-refractivity contribution in [1.29, 1.82) is 0 Å². The quantitative estimate of drug-likeness (QED) is 0.381. The van der Waals surface area contributed by atoms with Crippen LogP contribution < -0.4 is 0 Å². The Kier molecular flexibility index (Phi) is 5.78. The van der Waals surface area contributed by atoms with E-state index < -0.39 is 0 Å². The molecule has 8 unspecified atom stereocenters. The Bertz CT molecular complexity index is 1530. The summed E-state index contributed by atoms with van der Waals surface area (Å²) < 4.78 is 0. The largest absolute Gasteiger partial charge is 0.293 e. The first-order chi connectivity index (χ1) is 19.2. The molecule has 1 saturated heterocycles. The molecular weight excluding hydrogens is 513 g/mol. The number of allylic oxidation sites excluding steroid dienone is 9. The molecule has 3 aliphatic carbocycles. The minimum atomic E-state index is -0.102. The van der Waals surface area contributed by atoms with Crippen molar-refractivity contribution in [3.8, 4) is 0 Å². The molecule has 0 saturated carbocycles. The van der Waals surface area contributed by atoms with Gasteiger partial charge in [0.25, 0.3) is 0 Å². The van der Waals surface area contributed by atoms with Gasteiger partial charge in [-0.1, -0.05) is 97.6 Å². The number of aliphatic imine (C=N–C) groups is 1. The third-order valence-electron chi connectivity index (χ3n) is 9.47. The van der Waals surface area contributed by atoms with E-state index >= 15 is 0 Å². The maximum absolute atomic E-state index is 4.94. The van der Waals surface area contributed by atoms with Crippen molar-refractivity contribution in [2.75, 3.05) is 0 Å². The monoisotopic (exact) mass is 544 g/mol. The highest BCUT2D eigenvalue weighted by Crippen LogP contribution is 2.65. The molecule has 0 amide bonds. The highest BCUT2D eigenvalue weighted by atomic mass is 32.2. The van der Waals surface area contributed by atoms with Crippen LogP contribution in [0.1, 0.15) is 31.0 Å². The molecule has 3 aliphatic heterocycles. The normalized spacial score (nSPS) is 37.4. The Labute approximate surface area is 239 Å². The molecule has 0 bridgehead atoms. The first-order valence-corrected chi connectivity index (χ1v) is 16.0. The minimum absolute atomic E-state index is 0.102. The average molecular weight is 545 g/mol. The molecule has 1 spiro atoms. The molecule has 8 atom stereocenters. The summed E-state index contributed by atoms with van der Waals surface area (Å²) in [5.41, 5.74) is 5.27. The van der Waals surface area contributed by atoms with Gasteiger partial charge in [0.05, 0.1) is 11.7 Å². The fourth-order valence-electron chi connectivity index (χ4n) is 7.80. The van der Waals surface area contributed by atoms with Gasteiger partial charge >= 0.3 is 0 Å². The van der Waals surface area contributed by atoms with E-state index in [1.165, 1.54) is 22.5 Å². The third-order valence-corrected chi connectivity index (χ3v) is 12.2. The van der Waals surface area contributed by atoms with Crippen LogP contribution in [0.15, 0.2) is 124 Å². The molecule has 4 heterocycles. The highest BCUT2D eigenvalue weighted by Gasteiger charge is 2.59. The fourth-order valence-corrected chi connectivity index (χ4v) is 10.9. The van der Waals surface area contributed by atoms with Gasteiger partial charge < -0.3 is 0 Å². The maximum atomic E-state index is 4.94. The van der Waals surface area contributed by atoms with Crippen LogP contribution in [0.2, 0.25) is 0 Å². The van der Waals surface area contributed by atoms with Crippen molar-refractivity contribution in [1.82, 2.24) is 4.98 Å². The zero-order valence-electron chi connectivity index (χ0n) is 22.1. The van der Waals surface area contributed by atoms with E-state index in [9.17, 15) is 0 Å². The molecule has 4 heteroatoms. The zero-order valence-corrected chi connectivity index (χ0v) is 23.7. The zero-order chi connectivity index (χ0) is 26.0. The van der Waals surface area contributed by atoms with Gasteiger partial charge in [-0.2, -0.15) is 0 Å². The van der Waals surface area contributed by atoms with Crippen LogP contribution in [0.25, 0.3) is 5.57 Å². The van der Waals surface area contributed by atoms with Gasteiger partial charge in [0.1, 0.15) is 0 Å². The number of nitrogens with zero attached hydrogens (tertiary/aromatic N) is 2. The molecule has 2 nitrogen and oxygen atoms in total. The number of benzene rings is 1. The first kappa shape index (κ1) is 24.0. The lowest BCUT2D eigenvalue weighted by Gasteiger charge is -2.58. The van der Waals surface area contributed by atoms with Crippen molar-refractivity contribution in [2.45, 2.75) is 46.6 Å². The number of pyridine rings is 1. The molecule has 1 aromatic carbocycles. The van der Waals surface area contributed by atoms with Gasteiger partial charge in [-0.25, -0.2) is 0 Å². The van der Waals surface area contributed by atoms with Crippen molar-refractivity contribution in [2.24, 2.45) is 28.7 Å². The van der Waals surface area contributed by atoms with Crippen LogP contribution in [-0.4, -0.2) is 27.7 Å². The molecule has 1 aromatic heterocycles. The van der Waals surface area contributed by atoms with Crippen LogP contribution in [-0.2, 0) is 5.41 Å². The fraction of sp³-hybridized carbons (Fsp3) is 0.314. The van der Waals surface area contributed by atoms with E-state index in [0.29, 0.717) is 40.2 Å². The van der Waals surface area contributed by atoms with Gasteiger partial charge in [-0.15, -0.1) is 11.8 Å². The molecule has 6 aliphatic rings. The molecule has 2 aromatic rings. The van der Waals surface area contributed by atoms with E-state index in [-0.39, 0.29) is 5.41 Å². The van der Waals surface area contributed by atoms with Gasteiger partial charge in [0, 0.05) is 51.0 Å². The standard InChI is InChI=1S/C35H32N2S2/c1-22-18-30(37-21-22)24-14-16-28-34(20-24)39-32-12-5-3-9-26(32)35(28)25-8-2-4-11-31(25)38-33-19-23(13-15-27(33)35)29-10-6-7-17-36-29/h2-17,19,21-22,24-25,27,30-31,33H,18,20H2,1H3. The average Bonchev–Trinajstić information content (AvgIpc) is 3.43. The van der Waals surface area contributed by atoms with Crippen molar-refractivity contribution in [3.63, 3.8) is 0 Å². The van der Waals surface area contributed by atoms with Gasteiger partial charge in [-0.05, 0) is 58.6 Å². The summed E-state index contributed by atoms with van der Waals surface area (Å²) in [4.78, 5) is 12.6. The number of hydrogen-bond acceptors (Lipinski definition) is 4. The SMILES string of the molecule is CC1C=NC(C2C=CC3=C(C2)Sc2ccccc2C32C3C=CC=CC3SC3C=C(c4ccccn4)C=CC32)C1. The van der Waals surface area contributed by atoms with Crippen LogP contribution in [0.4, 0.5) is 0 Å². The van der Waals surface area contributed by atoms with E-state index in [0.717, 1.165) is 12.1 Å². The van der Waals surface area contributed by atoms with Gasteiger partial charge in [0.15, 0.2) is 0 Å². The van der Waals surface area contributed by atoms with Crippen LogP contribution >= 0.6 is 23.5 Å². The highest BCUT2D eigenvalue weighted by molar-refractivity contribution is 8.03. The Morgan fingerprint density at radius 3 is 2.64 bits per heavy atom. The second-order valence-electron chi connectivity index (χ2n) is 11.7. The molecule has 39 heavy (non-hydrogen) atoms. The number of thioether (sulfide) groups is 2. The van der Waals surface area contributed by atoms with Crippen LogP contribution in [0.5, 0.6) is 0 Å². The molecule has 194 valence electrons. The summed E-state index contributed by atoms with van der Waals surface area (Å²) in [6.07, 6.45) is 28.3. The number of fused-ring (bicyclic) bond motifs is 7. The predicted octanol–water partition coefficient (Wildman–Crippen LogP) is 8.23. The number of rotatable bonds is 2. The van der Waals surface area contributed by atoms with Crippen molar-refractivity contribution < 1.29 is 0 Å². The van der Waals surface area contributed by atoms with Crippen molar-refractivity contribution in [3.05, 3.63) is 125 Å². The predicted molar refractivity (Wildman–Crippen MR) is 166 cm³/mol. The molecule has 0 radical (unpaired) electrons. The summed E-state index contributed by atoms with van der Waals surface area (Å²) in [6.45, 7) is 2.30. The van der Waals surface area contributed by atoms with Crippen LogP contribution in [0.3, 0.4) is 0 Å². The van der Waals surface area contributed by atoms with Crippen molar-refractivity contribution >= 4 is 35.3 Å². The summed E-state index contributed by atoms with van der Waals surface area (Å²) >= 11 is 4.16. The second-order valence-corrected chi connectivity index (χ2v) is 14.2. The second kappa shape index (κ2) is 9.38.